The van der Waals surface area contributed by atoms with E-state index in [1.54, 1.807) is 29.2 Å². The van der Waals surface area contributed by atoms with Crippen molar-refractivity contribution < 1.29 is 19.1 Å². The number of hydrogen-bond donors (Lipinski definition) is 0. The SMILES string of the molecule is CC(=O)c1ccccc1OC(=O)[C@@H]1CC(=O)N(c2c(C)cccc2C)C1. The summed E-state index contributed by atoms with van der Waals surface area (Å²) in [5.41, 5.74) is 3.21. The predicted octanol–water partition coefficient (Wildman–Crippen LogP) is 3.46. The second-order valence-corrected chi connectivity index (χ2v) is 6.62. The van der Waals surface area contributed by atoms with Crippen LogP contribution in [0.4, 0.5) is 5.69 Å². The topological polar surface area (TPSA) is 63.7 Å². The zero-order valence-corrected chi connectivity index (χ0v) is 15.1. The Morgan fingerprint density at radius 3 is 2.35 bits per heavy atom. The Bertz CT molecular complexity index is 867. The smallest absolute Gasteiger partial charge is 0.316 e. The number of para-hydroxylation sites is 2. The molecule has 0 saturated carbocycles. The van der Waals surface area contributed by atoms with Crippen LogP contribution in [0.5, 0.6) is 5.75 Å². The van der Waals surface area contributed by atoms with E-state index in [0.717, 1.165) is 16.8 Å². The van der Waals surface area contributed by atoms with Crippen LogP contribution in [0.3, 0.4) is 0 Å². The third-order valence-corrected chi connectivity index (χ3v) is 4.64. The van der Waals surface area contributed by atoms with Gasteiger partial charge in [-0.2, -0.15) is 0 Å². The maximum Gasteiger partial charge on any atom is 0.316 e. The number of benzene rings is 2. The van der Waals surface area contributed by atoms with Gasteiger partial charge in [-0.25, -0.2) is 0 Å². The van der Waals surface area contributed by atoms with Gasteiger partial charge in [-0.3, -0.25) is 14.4 Å². The lowest BCUT2D eigenvalue weighted by atomic mass is 10.1. The van der Waals surface area contributed by atoms with Crippen molar-refractivity contribution in [1.29, 1.82) is 0 Å². The number of anilines is 1. The molecule has 2 aromatic rings. The Labute approximate surface area is 152 Å². The van der Waals surface area contributed by atoms with Gasteiger partial charge in [-0.1, -0.05) is 30.3 Å². The average molecular weight is 351 g/mol. The number of nitrogens with zero attached hydrogens (tertiary/aromatic N) is 1. The lowest BCUT2D eigenvalue weighted by Crippen LogP contribution is -2.28. The molecule has 1 amide bonds. The standard InChI is InChI=1S/C21H21NO4/c1-13-7-6-8-14(2)20(13)22-12-16(11-19(22)24)21(25)26-18-10-5-4-9-17(18)15(3)23/h4-10,16H,11-12H2,1-3H3/t16-/m1/s1. The third-order valence-electron chi connectivity index (χ3n) is 4.64. The highest BCUT2D eigenvalue weighted by molar-refractivity contribution is 6.01. The molecule has 1 aliphatic heterocycles. The normalized spacial score (nSPS) is 16.7. The van der Waals surface area contributed by atoms with Crippen LogP contribution in [-0.4, -0.2) is 24.2 Å². The molecule has 0 radical (unpaired) electrons. The molecule has 0 bridgehead atoms. The minimum atomic E-state index is -0.554. The first-order valence-corrected chi connectivity index (χ1v) is 8.56. The van der Waals surface area contributed by atoms with Gasteiger partial charge in [0.25, 0.3) is 0 Å². The maximum absolute atomic E-state index is 12.6. The minimum Gasteiger partial charge on any atom is -0.425 e. The summed E-state index contributed by atoms with van der Waals surface area (Å²) in [7, 11) is 0. The van der Waals surface area contributed by atoms with E-state index < -0.39 is 11.9 Å². The van der Waals surface area contributed by atoms with Gasteiger partial charge in [0.1, 0.15) is 5.75 Å². The van der Waals surface area contributed by atoms with Gasteiger partial charge in [0.05, 0.1) is 11.5 Å². The first kappa shape index (κ1) is 17.9. The van der Waals surface area contributed by atoms with E-state index >= 15 is 0 Å². The van der Waals surface area contributed by atoms with Gasteiger partial charge in [-0.05, 0) is 44.0 Å². The molecule has 0 unspecified atom stereocenters. The van der Waals surface area contributed by atoms with Crippen molar-refractivity contribution in [2.24, 2.45) is 5.92 Å². The molecule has 0 aromatic heterocycles. The fourth-order valence-corrected chi connectivity index (χ4v) is 3.35. The van der Waals surface area contributed by atoms with Crippen LogP contribution >= 0.6 is 0 Å². The van der Waals surface area contributed by atoms with E-state index in [0.29, 0.717) is 5.56 Å². The molecule has 1 fully saturated rings. The van der Waals surface area contributed by atoms with Gasteiger partial charge < -0.3 is 9.64 Å². The van der Waals surface area contributed by atoms with E-state index in [-0.39, 0.29) is 30.4 Å². The predicted molar refractivity (Wildman–Crippen MR) is 98.5 cm³/mol. The summed E-state index contributed by atoms with van der Waals surface area (Å²) in [4.78, 5) is 38.4. The Morgan fingerprint density at radius 1 is 1.04 bits per heavy atom. The Hall–Kier alpha value is -2.95. The molecule has 1 heterocycles. The van der Waals surface area contributed by atoms with Gasteiger partial charge in [0, 0.05) is 18.7 Å². The van der Waals surface area contributed by atoms with E-state index in [2.05, 4.69) is 0 Å². The molecule has 1 aliphatic rings. The van der Waals surface area contributed by atoms with Crippen molar-refractivity contribution in [2.75, 3.05) is 11.4 Å². The Kier molecular flexibility index (Phi) is 4.89. The van der Waals surface area contributed by atoms with Crippen molar-refractivity contribution in [3.8, 4) is 5.75 Å². The molecule has 5 nitrogen and oxygen atoms in total. The number of hydrogen-bond acceptors (Lipinski definition) is 4. The van der Waals surface area contributed by atoms with E-state index in [1.807, 2.05) is 32.0 Å². The highest BCUT2D eigenvalue weighted by Crippen LogP contribution is 2.31. The molecule has 3 rings (SSSR count). The molecule has 1 atom stereocenters. The molecule has 1 saturated heterocycles. The molecule has 134 valence electrons. The highest BCUT2D eigenvalue weighted by Gasteiger charge is 2.37. The van der Waals surface area contributed by atoms with Crippen molar-refractivity contribution in [3.63, 3.8) is 0 Å². The highest BCUT2D eigenvalue weighted by atomic mass is 16.5. The zero-order chi connectivity index (χ0) is 18.8. The summed E-state index contributed by atoms with van der Waals surface area (Å²) < 4.78 is 5.45. The van der Waals surface area contributed by atoms with Crippen LogP contribution in [0.25, 0.3) is 0 Å². The van der Waals surface area contributed by atoms with Crippen LogP contribution in [0.1, 0.15) is 34.8 Å². The van der Waals surface area contributed by atoms with E-state index in [9.17, 15) is 14.4 Å². The fourth-order valence-electron chi connectivity index (χ4n) is 3.35. The average Bonchev–Trinajstić information content (AvgIpc) is 2.97. The van der Waals surface area contributed by atoms with Crippen LogP contribution in [0.15, 0.2) is 42.5 Å². The van der Waals surface area contributed by atoms with E-state index in [4.69, 9.17) is 4.74 Å². The molecule has 0 N–H and O–H groups in total. The van der Waals surface area contributed by atoms with Gasteiger partial charge >= 0.3 is 5.97 Å². The fraction of sp³-hybridized carbons (Fsp3) is 0.286. The van der Waals surface area contributed by atoms with Gasteiger partial charge in [0.2, 0.25) is 5.91 Å². The van der Waals surface area contributed by atoms with Crippen molar-refractivity contribution in [2.45, 2.75) is 27.2 Å². The molecule has 0 spiro atoms. The number of aryl methyl sites for hydroxylation is 2. The number of ketones is 1. The summed E-state index contributed by atoms with van der Waals surface area (Å²) in [6.07, 6.45) is 0.106. The maximum atomic E-state index is 12.6. The minimum absolute atomic E-state index is 0.0933. The molecular weight excluding hydrogens is 330 g/mol. The Morgan fingerprint density at radius 2 is 1.69 bits per heavy atom. The van der Waals surface area contributed by atoms with Gasteiger partial charge in [0.15, 0.2) is 5.78 Å². The lowest BCUT2D eigenvalue weighted by Gasteiger charge is -2.21. The Balaban J connectivity index is 1.79. The number of carbonyl (C=O) groups is 3. The van der Waals surface area contributed by atoms with Crippen LogP contribution < -0.4 is 9.64 Å². The number of carbonyl (C=O) groups excluding carboxylic acids is 3. The second kappa shape index (κ2) is 7.12. The summed E-state index contributed by atoms with van der Waals surface area (Å²) in [6, 6.07) is 12.5. The van der Waals surface area contributed by atoms with Crippen LogP contribution in [0.2, 0.25) is 0 Å². The number of ether oxygens (including phenoxy) is 1. The molecule has 0 aliphatic carbocycles. The molecule has 2 aromatic carbocycles. The second-order valence-electron chi connectivity index (χ2n) is 6.62. The van der Waals surface area contributed by atoms with Crippen LogP contribution in [0, 0.1) is 19.8 Å². The van der Waals surface area contributed by atoms with Crippen molar-refractivity contribution in [1.82, 2.24) is 0 Å². The summed E-state index contributed by atoms with van der Waals surface area (Å²) >= 11 is 0. The lowest BCUT2D eigenvalue weighted by molar-refractivity contribution is -0.139. The quantitative estimate of drug-likeness (QED) is 0.481. The van der Waals surface area contributed by atoms with Crippen molar-refractivity contribution in [3.05, 3.63) is 59.2 Å². The van der Waals surface area contributed by atoms with Gasteiger partial charge in [-0.15, -0.1) is 0 Å². The van der Waals surface area contributed by atoms with E-state index in [1.165, 1.54) is 6.92 Å². The number of amides is 1. The largest absolute Gasteiger partial charge is 0.425 e. The molecule has 5 heteroatoms. The number of esters is 1. The summed E-state index contributed by atoms with van der Waals surface area (Å²) in [5.74, 6) is -1.07. The first-order valence-electron chi connectivity index (χ1n) is 8.56. The zero-order valence-electron chi connectivity index (χ0n) is 15.1. The van der Waals surface area contributed by atoms with Crippen LogP contribution in [-0.2, 0) is 9.59 Å². The summed E-state index contributed by atoms with van der Waals surface area (Å²) in [5, 5.41) is 0. The third kappa shape index (κ3) is 3.38. The molecule has 26 heavy (non-hydrogen) atoms. The summed E-state index contributed by atoms with van der Waals surface area (Å²) in [6.45, 7) is 5.61. The number of Topliss-reactive ketones (excluding diaryl/α,β-unsaturated/α-hetero) is 1. The number of rotatable bonds is 4. The first-order chi connectivity index (χ1) is 12.4. The molecular formula is C21H21NO4. The monoisotopic (exact) mass is 351 g/mol. The van der Waals surface area contributed by atoms with Crippen molar-refractivity contribution >= 4 is 23.3 Å².